The molecule has 0 fully saturated rings. The molecule has 0 aliphatic heterocycles. The van der Waals surface area contributed by atoms with Crippen molar-refractivity contribution in [2.24, 2.45) is 0 Å². The summed E-state index contributed by atoms with van der Waals surface area (Å²) in [6.45, 7) is 10.8. The Morgan fingerprint density at radius 2 is 1.32 bits per heavy atom. The minimum Gasteiger partial charge on any atom is -0.311 e. The van der Waals surface area contributed by atoms with Crippen molar-refractivity contribution in [3.05, 3.63) is 161 Å². The van der Waals surface area contributed by atoms with E-state index >= 15 is 0 Å². The van der Waals surface area contributed by atoms with Crippen molar-refractivity contribution in [2.75, 3.05) is 4.90 Å². The highest BCUT2D eigenvalue weighted by Crippen LogP contribution is 2.50. The summed E-state index contributed by atoms with van der Waals surface area (Å²) in [5, 5.41) is 0. The molecule has 41 heavy (non-hydrogen) atoms. The maximum absolute atomic E-state index is 13.0. The van der Waals surface area contributed by atoms with Crippen molar-refractivity contribution in [3.63, 3.8) is 0 Å². The van der Waals surface area contributed by atoms with Crippen molar-refractivity contribution in [3.8, 4) is 11.1 Å². The minimum atomic E-state index is -0.285. The second-order valence-corrected chi connectivity index (χ2v) is 11.0. The Bertz CT molecular complexity index is 1780. The molecular weight excluding hydrogens is 502 g/mol. The molecule has 0 N–H and O–H groups in total. The molecular formula is C38H31NO2. The summed E-state index contributed by atoms with van der Waals surface area (Å²) >= 11 is 0. The number of rotatable bonds is 6. The highest BCUT2D eigenvalue weighted by atomic mass is 16.2. The largest absolute Gasteiger partial charge is 0.311 e. The summed E-state index contributed by atoms with van der Waals surface area (Å²) in [6, 6.07) is 30.1. The number of benzene rings is 4. The van der Waals surface area contributed by atoms with E-state index in [4.69, 9.17) is 0 Å². The van der Waals surface area contributed by atoms with Crippen LogP contribution in [0.4, 0.5) is 11.4 Å². The predicted octanol–water partition coefficient (Wildman–Crippen LogP) is 9.24. The molecule has 0 unspecified atom stereocenters. The quantitative estimate of drug-likeness (QED) is 0.141. The third-order valence-electron chi connectivity index (χ3n) is 8.05. The molecule has 0 bridgehead atoms. The third kappa shape index (κ3) is 4.40. The third-order valence-corrected chi connectivity index (χ3v) is 8.05. The molecule has 2 aliphatic rings. The molecule has 6 rings (SSSR count). The lowest BCUT2D eigenvalue weighted by Crippen LogP contribution is -2.18. The van der Waals surface area contributed by atoms with Crippen molar-refractivity contribution in [2.45, 2.75) is 26.2 Å². The van der Waals surface area contributed by atoms with Crippen LogP contribution in [0.3, 0.4) is 0 Å². The van der Waals surface area contributed by atoms with Crippen LogP contribution < -0.4 is 4.90 Å². The Morgan fingerprint density at radius 3 is 1.98 bits per heavy atom. The van der Waals surface area contributed by atoms with Crippen LogP contribution in [0.1, 0.15) is 58.2 Å². The van der Waals surface area contributed by atoms with Crippen molar-refractivity contribution in [1.29, 1.82) is 0 Å². The zero-order valence-electron chi connectivity index (χ0n) is 23.5. The first-order valence-electron chi connectivity index (χ1n) is 13.8. The first-order valence-corrected chi connectivity index (χ1v) is 13.8. The first-order chi connectivity index (χ1) is 19.8. The lowest BCUT2D eigenvalue weighted by Gasteiger charge is -2.28. The molecule has 2 aliphatic carbocycles. The topological polar surface area (TPSA) is 37.4 Å². The molecule has 4 aromatic carbocycles. The number of anilines is 2. The molecule has 3 nitrogen and oxygen atoms in total. The van der Waals surface area contributed by atoms with E-state index in [1.54, 1.807) is 30.3 Å². The normalized spacial score (nSPS) is 14.9. The summed E-state index contributed by atoms with van der Waals surface area (Å²) in [5.74, 6) is -0.411. The molecule has 0 heterocycles. The molecule has 0 aromatic heterocycles. The molecule has 0 radical (unpaired) electrons. The van der Waals surface area contributed by atoms with Gasteiger partial charge in [0.2, 0.25) is 0 Å². The highest BCUT2D eigenvalue weighted by Gasteiger charge is 2.37. The molecule has 0 saturated heterocycles. The monoisotopic (exact) mass is 533 g/mol. The zero-order valence-corrected chi connectivity index (χ0v) is 23.5. The maximum atomic E-state index is 13.0. The van der Waals surface area contributed by atoms with Crippen LogP contribution in [-0.4, -0.2) is 11.6 Å². The molecule has 4 aromatic rings. The molecule has 200 valence electrons. The van der Waals surface area contributed by atoms with Gasteiger partial charge in [0.25, 0.3) is 0 Å². The number of ketones is 2. The molecule has 0 saturated carbocycles. The van der Waals surface area contributed by atoms with Crippen molar-refractivity contribution < 1.29 is 9.59 Å². The van der Waals surface area contributed by atoms with E-state index in [1.807, 2.05) is 55.5 Å². The van der Waals surface area contributed by atoms with Gasteiger partial charge in [-0.15, -0.1) is 0 Å². The van der Waals surface area contributed by atoms with Crippen LogP contribution in [0.15, 0.2) is 133 Å². The van der Waals surface area contributed by atoms with Gasteiger partial charge in [0.1, 0.15) is 0 Å². The van der Waals surface area contributed by atoms with Gasteiger partial charge in [0.15, 0.2) is 11.6 Å². The van der Waals surface area contributed by atoms with Gasteiger partial charge in [-0.3, -0.25) is 9.59 Å². The van der Waals surface area contributed by atoms with Gasteiger partial charge < -0.3 is 4.90 Å². The Balaban J connectivity index is 1.39. The van der Waals surface area contributed by atoms with Gasteiger partial charge in [-0.25, -0.2) is 0 Å². The lowest BCUT2D eigenvalue weighted by atomic mass is 9.81. The number of carbonyl (C=O) groups is 2. The Morgan fingerprint density at radius 1 is 0.707 bits per heavy atom. The second-order valence-electron chi connectivity index (χ2n) is 11.0. The Kier molecular flexibility index (Phi) is 6.51. The van der Waals surface area contributed by atoms with Gasteiger partial charge in [-0.2, -0.15) is 0 Å². The average Bonchev–Trinajstić information content (AvgIpc) is 3.36. The summed E-state index contributed by atoms with van der Waals surface area (Å²) in [7, 11) is 0. The van der Waals surface area contributed by atoms with E-state index in [9.17, 15) is 9.59 Å². The van der Waals surface area contributed by atoms with E-state index in [0.29, 0.717) is 11.1 Å². The first kappa shape index (κ1) is 26.2. The molecule has 3 heteroatoms. The van der Waals surface area contributed by atoms with Gasteiger partial charge in [0, 0.05) is 33.6 Å². The summed E-state index contributed by atoms with van der Waals surface area (Å²) in [4.78, 5) is 28.2. The van der Waals surface area contributed by atoms with Crippen LogP contribution in [0.5, 0.6) is 0 Å². The van der Waals surface area contributed by atoms with E-state index in [0.717, 1.165) is 22.6 Å². The number of hydrogen-bond donors (Lipinski definition) is 0. The fourth-order valence-corrected chi connectivity index (χ4v) is 5.95. The Hall–Kier alpha value is -5.02. The number of hydrogen-bond acceptors (Lipinski definition) is 3. The number of Topliss-reactive ketones (excluding diaryl/α,β-unsaturated/α-hetero) is 2. The predicted molar refractivity (Wildman–Crippen MR) is 169 cm³/mol. The van der Waals surface area contributed by atoms with Crippen LogP contribution >= 0.6 is 0 Å². The molecule has 0 amide bonds. The SMILES string of the molecule is C=C(/C=C\C=C/C)N(c1ccccc1)c1ccc2c(c1)C(C)(C)c1cc(C=C3C(=O)c4ccccc4C3=O)ccc1-2. The zero-order chi connectivity index (χ0) is 28.7. The summed E-state index contributed by atoms with van der Waals surface area (Å²) in [6.07, 6.45) is 9.75. The van der Waals surface area contributed by atoms with Crippen LogP contribution in [-0.2, 0) is 5.41 Å². The highest BCUT2D eigenvalue weighted by molar-refractivity contribution is 6.41. The van der Waals surface area contributed by atoms with E-state index in [2.05, 4.69) is 67.8 Å². The summed E-state index contributed by atoms with van der Waals surface area (Å²) < 4.78 is 0. The number of para-hydroxylation sites is 1. The van der Waals surface area contributed by atoms with Gasteiger partial charge in [-0.05, 0) is 71.2 Å². The Labute approximate surface area is 241 Å². The average molecular weight is 534 g/mol. The van der Waals surface area contributed by atoms with E-state index < -0.39 is 0 Å². The molecule has 0 spiro atoms. The van der Waals surface area contributed by atoms with Crippen molar-refractivity contribution in [1.82, 2.24) is 0 Å². The van der Waals surface area contributed by atoms with Gasteiger partial charge in [0.05, 0.1) is 5.57 Å². The standard InChI is InChI=1S/C38H31NO2/c1-5-6-8-13-25(2)39(27-14-9-7-10-15-27)28-19-21-30-29-20-18-26(23-34(29)38(3,4)35(30)24-28)22-33-36(40)31-16-11-12-17-32(31)37(33)41/h5-24H,2H2,1,3-4H3/b6-5-,13-8-. The van der Waals surface area contributed by atoms with Crippen LogP contribution in [0.2, 0.25) is 0 Å². The maximum Gasteiger partial charge on any atom is 0.197 e. The number of allylic oxidation sites excluding steroid dienone is 5. The number of fused-ring (bicyclic) bond motifs is 4. The van der Waals surface area contributed by atoms with E-state index in [1.165, 1.54) is 22.3 Å². The van der Waals surface area contributed by atoms with Crippen LogP contribution in [0, 0.1) is 0 Å². The minimum absolute atomic E-state index is 0.206. The van der Waals surface area contributed by atoms with Gasteiger partial charge in [-0.1, -0.05) is 105 Å². The molecule has 0 atom stereocenters. The fraction of sp³-hybridized carbons (Fsp3) is 0.105. The van der Waals surface area contributed by atoms with Gasteiger partial charge >= 0.3 is 0 Å². The van der Waals surface area contributed by atoms with Crippen LogP contribution in [0.25, 0.3) is 17.2 Å². The number of nitrogens with zero attached hydrogens (tertiary/aromatic N) is 1. The fourth-order valence-electron chi connectivity index (χ4n) is 5.95. The lowest BCUT2D eigenvalue weighted by molar-refractivity contribution is 0.0990. The summed E-state index contributed by atoms with van der Waals surface area (Å²) in [5.41, 5.74) is 9.45. The van der Waals surface area contributed by atoms with Crippen molar-refractivity contribution >= 4 is 29.0 Å². The van der Waals surface area contributed by atoms with E-state index in [-0.39, 0.29) is 22.6 Å². The smallest absolute Gasteiger partial charge is 0.197 e. The second kappa shape index (κ2) is 10.2. The number of carbonyl (C=O) groups excluding carboxylic acids is 2.